The normalized spacial score (nSPS) is 11.9. The van der Waals surface area contributed by atoms with Crippen molar-refractivity contribution in [3.63, 3.8) is 0 Å². The van der Waals surface area contributed by atoms with Crippen molar-refractivity contribution in [2.75, 3.05) is 11.1 Å². The maximum absolute atomic E-state index is 12.5. The monoisotopic (exact) mass is 451 g/mol. The predicted molar refractivity (Wildman–Crippen MR) is 128 cm³/mol. The molecule has 1 atom stereocenters. The minimum atomic E-state index is -0.321. The number of nitrogens with one attached hydrogen (secondary N) is 2. The molecule has 1 unspecified atom stereocenters. The number of rotatable bonds is 9. The number of hydrogen-bond donors (Lipinski definition) is 2. The number of anilines is 1. The Bertz CT molecular complexity index is 1050. The van der Waals surface area contributed by atoms with E-state index in [-0.39, 0.29) is 23.6 Å². The molecule has 0 aliphatic carbocycles. The van der Waals surface area contributed by atoms with Crippen LogP contribution in [0.4, 0.5) is 5.69 Å². The fourth-order valence-corrected chi connectivity index (χ4v) is 4.05. The summed E-state index contributed by atoms with van der Waals surface area (Å²) < 4.78 is 1.92. The first-order valence-corrected chi connectivity index (χ1v) is 11.7. The summed E-state index contributed by atoms with van der Waals surface area (Å²) in [7, 11) is 0. The zero-order valence-electron chi connectivity index (χ0n) is 18.8. The quantitative estimate of drug-likeness (QED) is 0.463. The van der Waals surface area contributed by atoms with Gasteiger partial charge in [0.05, 0.1) is 11.8 Å². The molecule has 0 saturated heterocycles. The Labute approximate surface area is 193 Å². The van der Waals surface area contributed by atoms with Crippen molar-refractivity contribution in [3.8, 4) is 0 Å². The van der Waals surface area contributed by atoms with Crippen LogP contribution in [-0.4, -0.2) is 32.3 Å². The largest absolute Gasteiger partial charge is 0.342 e. The molecule has 0 saturated carbocycles. The van der Waals surface area contributed by atoms with E-state index in [1.807, 2.05) is 60.9 Å². The molecule has 0 aliphatic rings. The number of aromatic nitrogens is 3. The molecule has 2 N–H and O–H groups in total. The van der Waals surface area contributed by atoms with E-state index in [0.29, 0.717) is 29.0 Å². The van der Waals surface area contributed by atoms with E-state index in [1.165, 1.54) is 17.3 Å². The number of amides is 2. The molecule has 8 heteroatoms. The third-order valence-corrected chi connectivity index (χ3v) is 5.99. The number of nitrogens with zero attached hydrogens (tertiary/aromatic N) is 3. The number of hydrogen-bond acceptors (Lipinski definition) is 5. The van der Waals surface area contributed by atoms with Crippen LogP contribution in [0.1, 0.15) is 61.4 Å². The Morgan fingerprint density at radius 1 is 1.00 bits per heavy atom. The van der Waals surface area contributed by atoms with Crippen LogP contribution in [0.15, 0.2) is 59.8 Å². The van der Waals surface area contributed by atoms with Crippen molar-refractivity contribution in [2.24, 2.45) is 0 Å². The van der Waals surface area contributed by atoms with Crippen LogP contribution in [0.3, 0.4) is 0 Å². The van der Waals surface area contributed by atoms with Gasteiger partial charge in [0.15, 0.2) is 11.0 Å². The molecule has 3 rings (SSSR count). The average molecular weight is 452 g/mol. The molecule has 32 heavy (non-hydrogen) atoms. The van der Waals surface area contributed by atoms with E-state index in [4.69, 9.17) is 0 Å². The minimum absolute atomic E-state index is 0.107. The molecule has 7 nitrogen and oxygen atoms in total. The van der Waals surface area contributed by atoms with Crippen LogP contribution in [0.5, 0.6) is 0 Å². The van der Waals surface area contributed by atoms with Crippen LogP contribution < -0.4 is 10.6 Å². The van der Waals surface area contributed by atoms with Gasteiger partial charge >= 0.3 is 0 Å². The van der Waals surface area contributed by atoms with Gasteiger partial charge in [-0.3, -0.25) is 9.59 Å². The lowest BCUT2D eigenvalue weighted by Gasteiger charge is -2.15. The Morgan fingerprint density at radius 3 is 2.31 bits per heavy atom. The summed E-state index contributed by atoms with van der Waals surface area (Å²) in [6.07, 6.45) is 0. The number of carbonyl (C=O) groups excluding carboxylic acids is 2. The molecular formula is C24H29N5O2S. The van der Waals surface area contributed by atoms with Gasteiger partial charge in [-0.1, -0.05) is 55.9 Å². The lowest BCUT2D eigenvalue weighted by molar-refractivity contribution is -0.113. The molecule has 3 aromatic rings. The van der Waals surface area contributed by atoms with Gasteiger partial charge in [0.25, 0.3) is 5.91 Å². The highest BCUT2D eigenvalue weighted by Crippen LogP contribution is 2.22. The molecule has 0 fully saturated rings. The average Bonchev–Trinajstić information content (AvgIpc) is 3.21. The highest BCUT2D eigenvalue weighted by Gasteiger charge is 2.20. The van der Waals surface area contributed by atoms with Crippen molar-refractivity contribution >= 4 is 29.3 Å². The molecule has 0 spiro atoms. The van der Waals surface area contributed by atoms with E-state index in [2.05, 4.69) is 34.7 Å². The Balaban J connectivity index is 1.59. The van der Waals surface area contributed by atoms with Gasteiger partial charge in [-0.25, -0.2) is 0 Å². The van der Waals surface area contributed by atoms with Crippen molar-refractivity contribution in [1.82, 2.24) is 20.1 Å². The molecule has 168 valence electrons. The Hall–Kier alpha value is -3.13. The zero-order valence-corrected chi connectivity index (χ0v) is 19.6. The summed E-state index contributed by atoms with van der Waals surface area (Å²) in [5, 5.41) is 15.0. The molecular weight excluding hydrogens is 422 g/mol. The molecule has 0 aliphatic heterocycles. The lowest BCUT2D eigenvalue weighted by Crippen LogP contribution is -2.28. The van der Waals surface area contributed by atoms with Crippen molar-refractivity contribution in [1.29, 1.82) is 0 Å². The standard InChI is InChI=1S/C24H29N5O2S/c1-5-29-22(17(4)25-23(31)19-9-7-6-8-10-19)27-28-24(29)32-15-21(30)26-20-13-11-18(12-14-20)16(2)3/h6-14,16-17H,5,15H2,1-4H3,(H,25,31)(H,26,30). The van der Waals surface area contributed by atoms with E-state index < -0.39 is 0 Å². The second kappa shape index (κ2) is 10.9. The van der Waals surface area contributed by atoms with Crippen molar-refractivity contribution in [3.05, 3.63) is 71.5 Å². The second-order valence-electron chi connectivity index (χ2n) is 7.76. The molecule has 1 aromatic heterocycles. The molecule has 2 amide bonds. The van der Waals surface area contributed by atoms with E-state index in [1.54, 1.807) is 12.1 Å². The van der Waals surface area contributed by atoms with Crippen LogP contribution in [-0.2, 0) is 11.3 Å². The highest BCUT2D eigenvalue weighted by molar-refractivity contribution is 7.99. The first-order chi connectivity index (χ1) is 15.4. The van der Waals surface area contributed by atoms with Gasteiger partial charge < -0.3 is 15.2 Å². The van der Waals surface area contributed by atoms with Crippen molar-refractivity contribution in [2.45, 2.75) is 51.4 Å². The smallest absolute Gasteiger partial charge is 0.251 e. The summed E-state index contributed by atoms with van der Waals surface area (Å²) in [4.78, 5) is 24.9. The first-order valence-electron chi connectivity index (χ1n) is 10.7. The fraction of sp³-hybridized carbons (Fsp3) is 0.333. The van der Waals surface area contributed by atoms with Crippen LogP contribution in [0.25, 0.3) is 0 Å². The number of carbonyl (C=O) groups is 2. The fourth-order valence-electron chi connectivity index (χ4n) is 3.24. The summed E-state index contributed by atoms with van der Waals surface area (Å²) in [5.41, 5.74) is 2.60. The Morgan fingerprint density at radius 2 is 1.69 bits per heavy atom. The maximum atomic E-state index is 12.5. The van der Waals surface area contributed by atoms with Gasteiger partial charge in [0.1, 0.15) is 0 Å². The van der Waals surface area contributed by atoms with Gasteiger partial charge in [0, 0.05) is 17.8 Å². The summed E-state index contributed by atoms with van der Waals surface area (Å²) in [5.74, 6) is 1.05. The van der Waals surface area contributed by atoms with Crippen LogP contribution in [0.2, 0.25) is 0 Å². The van der Waals surface area contributed by atoms with Crippen LogP contribution >= 0.6 is 11.8 Å². The van der Waals surface area contributed by atoms with E-state index in [0.717, 1.165) is 5.69 Å². The molecule has 0 radical (unpaired) electrons. The molecule has 1 heterocycles. The second-order valence-corrected chi connectivity index (χ2v) is 8.70. The maximum Gasteiger partial charge on any atom is 0.251 e. The molecule has 0 bridgehead atoms. The third kappa shape index (κ3) is 5.97. The number of benzene rings is 2. The Kier molecular flexibility index (Phi) is 8.05. The SMILES string of the molecule is CCn1c(SCC(=O)Nc2ccc(C(C)C)cc2)nnc1C(C)NC(=O)c1ccccc1. The highest BCUT2D eigenvalue weighted by atomic mass is 32.2. The van der Waals surface area contributed by atoms with Gasteiger partial charge in [0.2, 0.25) is 5.91 Å². The predicted octanol–water partition coefficient (Wildman–Crippen LogP) is 4.64. The zero-order chi connectivity index (χ0) is 23.1. The number of thioether (sulfide) groups is 1. The first kappa shape index (κ1) is 23.5. The third-order valence-electron chi connectivity index (χ3n) is 5.03. The summed E-state index contributed by atoms with van der Waals surface area (Å²) in [6, 6.07) is 16.6. The van der Waals surface area contributed by atoms with Gasteiger partial charge in [-0.05, 0) is 49.6 Å². The van der Waals surface area contributed by atoms with E-state index in [9.17, 15) is 9.59 Å². The molecule has 2 aromatic carbocycles. The van der Waals surface area contributed by atoms with Crippen molar-refractivity contribution < 1.29 is 9.59 Å². The summed E-state index contributed by atoms with van der Waals surface area (Å²) in [6.45, 7) is 8.76. The summed E-state index contributed by atoms with van der Waals surface area (Å²) >= 11 is 1.33. The van der Waals surface area contributed by atoms with Gasteiger partial charge in [-0.15, -0.1) is 10.2 Å². The van der Waals surface area contributed by atoms with Gasteiger partial charge in [-0.2, -0.15) is 0 Å². The lowest BCUT2D eigenvalue weighted by atomic mass is 10.0. The minimum Gasteiger partial charge on any atom is -0.342 e. The topological polar surface area (TPSA) is 88.9 Å². The van der Waals surface area contributed by atoms with Crippen LogP contribution in [0, 0.1) is 0 Å². The van der Waals surface area contributed by atoms with E-state index >= 15 is 0 Å².